The molecule has 3 aliphatic rings. The summed E-state index contributed by atoms with van der Waals surface area (Å²) in [5.74, 6) is -4.96. The quantitative estimate of drug-likeness (QED) is 0.0763. The number of nitrogens with zero attached hydrogens (tertiary/aromatic N) is 5. The highest BCUT2D eigenvalue weighted by Gasteiger charge is 2.46. The SMILES string of the molecule is Cc1c([C@@H](NC(=O)Nc2cnc(NCCOCCOCCN3CCN(c4ccc5c(c4)C(=O)N(C4CCC(=O)NC4=O)C5=O)CC3)nc2)C(F)(F)F)oc2c(F)cc(F)cc12. The number of nitrogens with one attached hydrogen (secondary N) is 4. The smallest absolute Gasteiger partial charge is 0.416 e. The standard InChI is InChI=1S/C39H40F5N9O8/c1-21-26-16-22(40)17-28(41)32(26)61-31(21)33(39(42,43)44)50-38(58)48-23-19-46-37(47-20-23)45-6-12-59-14-15-60-13-11-51-7-9-52(10-8-51)24-2-3-25-27(18-24)36(57)53(35(25)56)29-4-5-30(54)49-34(29)55/h2-3,16-20,29,33H,4-15H2,1H3,(H,45,46,47)(H2,48,50,58)(H,49,54,55)/t29?,33-/m1/s1. The van der Waals surface area contributed by atoms with E-state index in [0.717, 1.165) is 29.7 Å². The number of ether oxygens (including phenoxy) is 2. The summed E-state index contributed by atoms with van der Waals surface area (Å²) in [7, 11) is 0. The van der Waals surface area contributed by atoms with Gasteiger partial charge in [0.05, 0.1) is 55.6 Å². The second-order valence-electron chi connectivity index (χ2n) is 14.4. The van der Waals surface area contributed by atoms with Crippen LogP contribution < -0.4 is 26.2 Å². The van der Waals surface area contributed by atoms with Gasteiger partial charge in [-0.1, -0.05) is 0 Å². The van der Waals surface area contributed by atoms with Crippen LogP contribution in [0.25, 0.3) is 11.0 Å². The summed E-state index contributed by atoms with van der Waals surface area (Å²) in [6.45, 7) is 6.54. The molecule has 17 nitrogen and oxygen atoms in total. The fourth-order valence-electron chi connectivity index (χ4n) is 7.25. The molecule has 7 rings (SSSR count). The molecule has 2 atom stereocenters. The topological polar surface area (TPSA) is 201 Å². The summed E-state index contributed by atoms with van der Waals surface area (Å²) in [4.78, 5) is 76.0. The van der Waals surface area contributed by atoms with Crippen LogP contribution in [0.1, 0.15) is 50.9 Å². The summed E-state index contributed by atoms with van der Waals surface area (Å²) < 4.78 is 86.2. The van der Waals surface area contributed by atoms with Gasteiger partial charge >= 0.3 is 12.2 Å². The maximum absolute atomic E-state index is 14.2. The number of urea groups is 1. The maximum Gasteiger partial charge on any atom is 0.416 e. The van der Waals surface area contributed by atoms with Crippen LogP contribution in [0.2, 0.25) is 0 Å². The van der Waals surface area contributed by atoms with Gasteiger partial charge in [-0.25, -0.2) is 23.5 Å². The van der Waals surface area contributed by atoms with Gasteiger partial charge in [0.2, 0.25) is 17.8 Å². The number of piperazine rings is 1. The molecule has 0 aliphatic carbocycles. The Hall–Kier alpha value is -6.26. The molecule has 324 valence electrons. The van der Waals surface area contributed by atoms with Crippen molar-refractivity contribution in [3.8, 4) is 0 Å². The van der Waals surface area contributed by atoms with Crippen molar-refractivity contribution in [2.24, 2.45) is 0 Å². The fraction of sp³-hybridized carbons (Fsp3) is 0.410. The predicted octanol–water partition coefficient (Wildman–Crippen LogP) is 3.90. The van der Waals surface area contributed by atoms with Gasteiger partial charge in [-0.05, 0) is 37.6 Å². The number of piperidine rings is 1. The van der Waals surface area contributed by atoms with E-state index in [0.29, 0.717) is 52.1 Å². The van der Waals surface area contributed by atoms with Crippen molar-refractivity contribution in [1.29, 1.82) is 0 Å². The number of halogens is 5. The molecule has 2 aromatic heterocycles. The number of rotatable bonds is 15. The van der Waals surface area contributed by atoms with Crippen LogP contribution in [0.3, 0.4) is 0 Å². The molecule has 4 aromatic rings. The van der Waals surface area contributed by atoms with Gasteiger partial charge < -0.3 is 34.7 Å². The first kappa shape index (κ1) is 42.8. The largest absolute Gasteiger partial charge is 0.455 e. The normalized spacial score (nSPS) is 17.8. The second-order valence-corrected chi connectivity index (χ2v) is 14.4. The molecule has 2 fully saturated rings. The second kappa shape index (κ2) is 18.2. The summed E-state index contributed by atoms with van der Waals surface area (Å²) in [5, 5.41) is 8.89. The molecule has 22 heteroatoms. The minimum atomic E-state index is -5.04. The molecule has 0 spiro atoms. The van der Waals surface area contributed by atoms with Gasteiger partial charge in [-0.2, -0.15) is 13.2 Å². The molecule has 2 saturated heterocycles. The molecular formula is C39H40F5N9O8. The van der Waals surface area contributed by atoms with E-state index in [4.69, 9.17) is 13.9 Å². The monoisotopic (exact) mass is 857 g/mol. The number of imide groups is 2. The van der Waals surface area contributed by atoms with E-state index in [2.05, 4.69) is 35.7 Å². The van der Waals surface area contributed by atoms with Crippen LogP contribution in [-0.2, 0) is 19.1 Å². The zero-order valence-electron chi connectivity index (χ0n) is 32.6. The van der Waals surface area contributed by atoms with E-state index >= 15 is 0 Å². The van der Waals surface area contributed by atoms with Crippen LogP contribution in [0.15, 0.2) is 47.1 Å². The van der Waals surface area contributed by atoms with Crippen molar-refractivity contribution in [3.05, 3.63) is 76.8 Å². The molecule has 0 saturated carbocycles. The van der Waals surface area contributed by atoms with Gasteiger partial charge in [-0.3, -0.25) is 34.3 Å². The average Bonchev–Trinajstić information content (AvgIpc) is 3.67. The highest BCUT2D eigenvalue weighted by molar-refractivity contribution is 6.23. The number of fused-ring (bicyclic) bond motifs is 2. The Morgan fingerprint density at radius 2 is 1.66 bits per heavy atom. The van der Waals surface area contributed by atoms with Gasteiger partial charge in [0.15, 0.2) is 17.4 Å². The lowest BCUT2D eigenvalue weighted by Crippen LogP contribution is -2.54. The molecule has 5 heterocycles. The Bertz CT molecular complexity index is 2320. The Morgan fingerprint density at radius 3 is 2.36 bits per heavy atom. The number of carbonyl (C=O) groups is 5. The summed E-state index contributed by atoms with van der Waals surface area (Å²) in [6, 6.07) is 1.46. The third kappa shape index (κ3) is 9.71. The van der Waals surface area contributed by atoms with Gasteiger partial charge in [0.25, 0.3) is 11.8 Å². The van der Waals surface area contributed by atoms with Crippen molar-refractivity contribution < 1.29 is 59.8 Å². The Morgan fingerprint density at radius 1 is 0.951 bits per heavy atom. The minimum Gasteiger partial charge on any atom is -0.455 e. The minimum absolute atomic E-state index is 0.0224. The molecule has 2 aromatic carbocycles. The Labute approximate surface area is 343 Å². The van der Waals surface area contributed by atoms with E-state index in [-0.39, 0.29) is 53.2 Å². The Balaban J connectivity index is 0.759. The number of furan rings is 1. The van der Waals surface area contributed by atoms with Gasteiger partial charge in [0, 0.05) is 68.4 Å². The summed E-state index contributed by atoms with van der Waals surface area (Å²) in [6.07, 6.45) is -2.54. The van der Waals surface area contributed by atoms with Crippen molar-refractivity contribution in [3.63, 3.8) is 0 Å². The first-order valence-electron chi connectivity index (χ1n) is 19.2. The molecular weight excluding hydrogens is 817 g/mol. The molecule has 3 aliphatic heterocycles. The molecule has 61 heavy (non-hydrogen) atoms. The number of hydrogen-bond acceptors (Lipinski definition) is 13. The van der Waals surface area contributed by atoms with Crippen LogP contribution >= 0.6 is 0 Å². The van der Waals surface area contributed by atoms with E-state index in [1.165, 1.54) is 19.3 Å². The third-order valence-corrected chi connectivity index (χ3v) is 10.4. The lowest BCUT2D eigenvalue weighted by atomic mass is 10.0. The predicted molar refractivity (Wildman–Crippen MR) is 206 cm³/mol. The number of aryl methyl sites for hydroxylation is 1. The van der Waals surface area contributed by atoms with E-state index in [1.54, 1.807) is 23.5 Å². The average molecular weight is 858 g/mol. The number of amides is 6. The lowest BCUT2D eigenvalue weighted by molar-refractivity contribution is -0.158. The highest BCUT2D eigenvalue weighted by Crippen LogP contribution is 2.39. The number of aromatic nitrogens is 2. The number of carbonyl (C=O) groups excluding carboxylic acids is 5. The molecule has 6 amide bonds. The van der Waals surface area contributed by atoms with Crippen molar-refractivity contribution in [2.75, 3.05) is 81.2 Å². The molecule has 4 N–H and O–H groups in total. The molecule has 0 radical (unpaired) electrons. The van der Waals surface area contributed by atoms with E-state index < -0.39 is 70.9 Å². The number of hydrogen-bond donors (Lipinski definition) is 4. The molecule has 1 unspecified atom stereocenters. The highest BCUT2D eigenvalue weighted by atomic mass is 19.4. The third-order valence-electron chi connectivity index (χ3n) is 10.4. The summed E-state index contributed by atoms with van der Waals surface area (Å²) in [5.41, 5.74) is 0.504. The van der Waals surface area contributed by atoms with Crippen LogP contribution in [0, 0.1) is 18.6 Å². The fourth-order valence-corrected chi connectivity index (χ4v) is 7.25. The number of benzene rings is 2. The summed E-state index contributed by atoms with van der Waals surface area (Å²) >= 11 is 0. The van der Waals surface area contributed by atoms with Crippen molar-refractivity contribution in [1.82, 2.24) is 30.4 Å². The zero-order chi connectivity index (χ0) is 43.4. The maximum atomic E-state index is 14.2. The van der Waals surface area contributed by atoms with E-state index in [9.17, 15) is 45.9 Å². The first-order chi connectivity index (χ1) is 29.2. The van der Waals surface area contributed by atoms with Crippen molar-refractivity contribution in [2.45, 2.75) is 38.0 Å². The molecule has 0 bridgehead atoms. The van der Waals surface area contributed by atoms with Gasteiger partial charge in [0.1, 0.15) is 17.6 Å². The van der Waals surface area contributed by atoms with Crippen LogP contribution in [0.5, 0.6) is 0 Å². The lowest BCUT2D eigenvalue weighted by Gasteiger charge is -2.36. The van der Waals surface area contributed by atoms with Gasteiger partial charge in [-0.15, -0.1) is 0 Å². The Kier molecular flexibility index (Phi) is 12.8. The number of anilines is 3. The van der Waals surface area contributed by atoms with Crippen LogP contribution in [0.4, 0.5) is 44.1 Å². The first-order valence-corrected chi connectivity index (χ1v) is 19.2. The number of alkyl halides is 3. The van der Waals surface area contributed by atoms with Crippen molar-refractivity contribution >= 4 is 58.0 Å². The van der Waals surface area contributed by atoms with Crippen LogP contribution in [-0.4, -0.2) is 127 Å². The zero-order valence-corrected chi connectivity index (χ0v) is 32.6. The van der Waals surface area contributed by atoms with E-state index in [1.807, 2.05) is 0 Å².